The summed E-state index contributed by atoms with van der Waals surface area (Å²) in [5.41, 5.74) is 2.87. The highest BCUT2D eigenvalue weighted by atomic mass is 35.5. The first kappa shape index (κ1) is 41.5. The lowest BCUT2D eigenvalue weighted by Gasteiger charge is -2.52. The number of rotatable bonds is 8. The second kappa shape index (κ2) is 17.3. The summed E-state index contributed by atoms with van der Waals surface area (Å²) in [7, 11) is -2.49. The molecule has 1 spiro atoms. The van der Waals surface area contributed by atoms with Crippen molar-refractivity contribution in [3.8, 4) is 5.75 Å². The van der Waals surface area contributed by atoms with Crippen LogP contribution < -0.4 is 14.4 Å². The Morgan fingerprint density at radius 2 is 1.89 bits per heavy atom. The summed E-state index contributed by atoms with van der Waals surface area (Å²) < 4.78 is 49.8. The van der Waals surface area contributed by atoms with Crippen LogP contribution >= 0.6 is 11.6 Å². The molecule has 1 amide bonds. The summed E-state index contributed by atoms with van der Waals surface area (Å²) in [6.07, 6.45) is 10.4. The Labute approximate surface area is 340 Å². The number of halogens is 1. The predicted molar refractivity (Wildman–Crippen MR) is 224 cm³/mol. The van der Waals surface area contributed by atoms with Crippen LogP contribution in [0, 0.1) is 17.8 Å². The zero-order valence-electron chi connectivity index (χ0n) is 34.1. The molecule has 2 aliphatic carbocycles. The minimum atomic E-state index is -4.07. The zero-order valence-corrected chi connectivity index (χ0v) is 35.7. The highest BCUT2D eigenvalue weighted by molar-refractivity contribution is 7.90. The van der Waals surface area contributed by atoms with Crippen LogP contribution in [0.5, 0.6) is 5.75 Å². The van der Waals surface area contributed by atoms with Crippen molar-refractivity contribution in [1.82, 2.24) is 14.5 Å². The number of methoxy groups -OCH3 is 1. The molecule has 1 N–H and O–H groups in total. The Morgan fingerprint density at radius 3 is 2.61 bits per heavy atom. The van der Waals surface area contributed by atoms with Crippen LogP contribution in [0.1, 0.15) is 87.7 Å². The molecule has 12 heteroatoms. The fraction of sp³-hybridized carbons (Fsp3) is 0.659. The Morgan fingerprint density at radius 1 is 1.09 bits per heavy atom. The van der Waals surface area contributed by atoms with Crippen LogP contribution in [0.3, 0.4) is 0 Å². The van der Waals surface area contributed by atoms with Gasteiger partial charge in [0.2, 0.25) is 10.0 Å². The molecule has 56 heavy (non-hydrogen) atoms. The number of nitrogens with one attached hydrogen (secondary N) is 1. The zero-order chi connectivity index (χ0) is 39.7. The summed E-state index contributed by atoms with van der Waals surface area (Å²) in [5, 5.41) is -0.0808. The van der Waals surface area contributed by atoms with Crippen LogP contribution in [0.15, 0.2) is 48.6 Å². The third kappa shape index (κ3) is 8.55. The molecule has 3 heterocycles. The average Bonchev–Trinajstić information content (AvgIpc) is 3.29. The minimum Gasteiger partial charge on any atom is -0.490 e. The van der Waals surface area contributed by atoms with E-state index in [0.29, 0.717) is 49.5 Å². The number of carbonyl (C=O) groups excluding carboxylic acids is 1. The molecular weight excluding hydrogens is 748 g/mol. The Hall–Kier alpha value is -2.67. The van der Waals surface area contributed by atoms with Gasteiger partial charge in [-0.1, -0.05) is 36.7 Å². The standard InChI is InChI=1S/C44H63ClN4O6S/c1-6-55-44(29-47-20-22-48(23-21-47)31(2)3)19-7-9-32(4)41(17-24-53-5)56(51,52)46-42(50)34-12-16-40-39(26-34)49(27-35-11-14-38(35)44)28-43(30-54-40)18-8-10-33-25-36(45)13-15-37(33)43/h7,12-13,15-16,19,25-26,31-32,35,38,41H,6,8-11,14,17-18,20-24,27-30H2,1-5H3,(H,46,50)/b19-7-/t32-,35-,38+,41+,43-,44-/m0/s1. The molecule has 0 unspecified atom stereocenters. The van der Waals surface area contributed by atoms with Crippen molar-refractivity contribution in [3.05, 3.63) is 70.3 Å². The molecule has 2 fully saturated rings. The van der Waals surface area contributed by atoms with Gasteiger partial charge in [-0.25, -0.2) is 13.1 Å². The van der Waals surface area contributed by atoms with Gasteiger partial charge >= 0.3 is 0 Å². The fourth-order valence-electron chi connectivity index (χ4n) is 10.4. The van der Waals surface area contributed by atoms with Gasteiger partial charge in [0.05, 0.1) is 17.5 Å². The predicted octanol–water partition coefficient (Wildman–Crippen LogP) is 6.70. The molecule has 2 bridgehead atoms. The third-order valence-electron chi connectivity index (χ3n) is 13.6. The van der Waals surface area contributed by atoms with Crippen molar-refractivity contribution in [1.29, 1.82) is 0 Å². The van der Waals surface area contributed by atoms with Crippen LogP contribution in [0.2, 0.25) is 5.02 Å². The molecule has 5 aliphatic rings. The average molecular weight is 812 g/mol. The number of sulfonamides is 1. The molecule has 7 rings (SSSR count). The molecular formula is C44H63ClN4O6S. The van der Waals surface area contributed by atoms with E-state index in [4.69, 9.17) is 25.8 Å². The van der Waals surface area contributed by atoms with E-state index in [2.05, 4.69) is 64.5 Å². The van der Waals surface area contributed by atoms with Gasteiger partial charge in [-0.2, -0.15) is 0 Å². The van der Waals surface area contributed by atoms with Crippen molar-refractivity contribution in [2.45, 2.75) is 94.9 Å². The Balaban J connectivity index is 1.31. The number of hydrogen-bond acceptors (Lipinski definition) is 9. The van der Waals surface area contributed by atoms with Gasteiger partial charge in [0.25, 0.3) is 5.91 Å². The van der Waals surface area contributed by atoms with Crippen molar-refractivity contribution in [3.63, 3.8) is 0 Å². The van der Waals surface area contributed by atoms with E-state index in [-0.39, 0.29) is 30.3 Å². The van der Waals surface area contributed by atoms with E-state index in [1.165, 1.54) is 11.1 Å². The number of ether oxygens (including phenoxy) is 3. The number of carbonyl (C=O) groups is 1. The molecule has 3 aliphatic heterocycles. The maximum Gasteiger partial charge on any atom is 0.264 e. The largest absolute Gasteiger partial charge is 0.490 e. The number of benzene rings is 2. The highest BCUT2D eigenvalue weighted by Crippen LogP contribution is 2.49. The highest BCUT2D eigenvalue weighted by Gasteiger charge is 2.50. The van der Waals surface area contributed by atoms with E-state index in [0.717, 1.165) is 82.1 Å². The molecule has 1 saturated heterocycles. The second-order valence-electron chi connectivity index (χ2n) is 17.4. The first-order valence-electron chi connectivity index (χ1n) is 21.0. The third-order valence-corrected chi connectivity index (χ3v) is 15.8. The lowest BCUT2D eigenvalue weighted by molar-refractivity contribution is -0.113. The van der Waals surface area contributed by atoms with Gasteiger partial charge in [-0.3, -0.25) is 14.6 Å². The number of anilines is 1. The maximum atomic E-state index is 14.1. The molecule has 2 aromatic carbocycles. The lowest BCUT2D eigenvalue weighted by atomic mass is 9.63. The molecule has 308 valence electrons. The van der Waals surface area contributed by atoms with E-state index in [1.54, 1.807) is 13.2 Å². The van der Waals surface area contributed by atoms with E-state index < -0.39 is 26.8 Å². The summed E-state index contributed by atoms with van der Waals surface area (Å²) in [6, 6.07) is 12.2. The van der Waals surface area contributed by atoms with Gasteiger partial charge < -0.3 is 19.1 Å². The molecule has 1 saturated carbocycles. The van der Waals surface area contributed by atoms with Crippen molar-refractivity contribution in [2.24, 2.45) is 17.8 Å². The summed E-state index contributed by atoms with van der Waals surface area (Å²) >= 11 is 6.53. The number of fused-ring (bicyclic) bond motifs is 4. The van der Waals surface area contributed by atoms with E-state index >= 15 is 0 Å². The van der Waals surface area contributed by atoms with Crippen molar-refractivity contribution < 1.29 is 27.4 Å². The molecule has 10 nitrogen and oxygen atoms in total. The molecule has 2 aromatic rings. The fourth-order valence-corrected chi connectivity index (χ4v) is 12.2. The number of allylic oxidation sites excluding steroid dienone is 1. The van der Waals surface area contributed by atoms with Gasteiger partial charge in [-0.05, 0) is 125 Å². The number of amides is 1. The normalized spacial score (nSPS) is 31.8. The first-order valence-corrected chi connectivity index (χ1v) is 22.9. The van der Waals surface area contributed by atoms with Gasteiger partial charge in [0.15, 0.2) is 0 Å². The quantitative estimate of drug-likeness (QED) is 0.292. The Bertz CT molecular complexity index is 1850. The minimum absolute atomic E-state index is 0.255. The van der Waals surface area contributed by atoms with Gasteiger partial charge in [-0.15, -0.1) is 0 Å². The summed E-state index contributed by atoms with van der Waals surface area (Å²) in [5.74, 6) is 0.398. The summed E-state index contributed by atoms with van der Waals surface area (Å²) in [6.45, 7) is 16.3. The van der Waals surface area contributed by atoms with Crippen molar-refractivity contribution in [2.75, 3.05) is 77.6 Å². The van der Waals surface area contributed by atoms with Gasteiger partial charge in [0.1, 0.15) is 11.4 Å². The number of nitrogens with zero attached hydrogens (tertiary/aromatic N) is 3. The molecule has 0 aromatic heterocycles. The Kier molecular flexibility index (Phi) is 12.8. The number of aryl methyl sites for hydroxylation is 1. The smallest absolute Gasteiger partial charge is 0.264 e. The van der Waals surface area contributed by atoms with Crippen LogP contribution in [-0.4, -0.2) is 114 Å². The van der Waals surface area contributed by atoms with Crippen LogP contribution in [-0.2, 0) is 31.3 Å². The number of piperazine rings is 1. The van der Waals surface area contributed by atoms with Gasteiger partial charge in [0, 0.05) is 88.2 Å². The summed E-state index contributed by atoms with van der Waals surface area (Å²) in [4.78, 5) is 21.5. The SMILES string of the molecule is CCO[C@]1(CN2CCN(C(C)C)CC2)/C=C\C[C@H](C)[C@@H](CCOC)S(=O)(=O)NC(=O)c2ccc3c(c2)N(C[C@@H]2CC[C@H]21)C[C@@]1(CCCc2cc(Cl)ccc21)CO3. The van der Waals surface area contributed by atoms with E-state index in [9.17, 15) is 13.2 Å². The van der Waals surface area contributed by atoms with Crippen LogP contribution in [0.25, 0.3) is 0 Å². The lowest BCUT2D eigenvalue weighted by Crippen LogP contribution is -2.59. The number of hydrogen-bond donors (Lipinski definition) is 1. The first-order chi connectivity index (χ1) is 26.9. The van der Waals surface area contributed by atoms with Crippen LogP contribution in [0.4, 0.5) is 5.69 Å². The van der Waals surface area contributed by atoms with E-state index in [1.807, 2.05) is 25.1 Å². The van der Waals surface area contributed by atoms with Crippen molar-refractivity contribution >= 4 is 33.2 Å². The maximum absolute atomic E-state index is 14.1. The molecule has 6 atom stereocenters. The monoisotopic (exact) mass is 810 g/mol. The second-order valence-corrected chi connectivity index (χ2v) is 19.8. The topological polar surface area (TPSA) is 101 Å². The molecule has 0 radical (unpaired) electrons.